The summed E-state index contributed by atoms with van der Waals surface area (Å²) in [7, 11) is 1.66. The van der Waals surface area contributed by atoms with Gasteiger partial charge in [0.1, 0.15) is 0 Å². The first kappa shape index (κ1) is 14.4. The zero-order chi connectivity index (χ0) is 13.5. The molecule has 2 unspecified atom stereocenters. The normalized spacial score (nSPS) is 23.7. The van der Waals surface area contributed by atoms with Crippen LogP contribution < -0.4 is 5.32 Å². The monoisotopic (exact) mass is 269 g/mol. The highest BCUT2D eigenvalue weighted by molar-refractivity contribution is 4.95. The number of rotatable bonds is 7. The van der Waals surface area contributed by atoms with Gasteiger partial charge in [-0.1, -0.05) is 12.1 Å². The second-order valence-electron chi connectivity index (χ2n) is 5.04. The second-order valence-corrected chi connectivity index (χ2v) is 5.04. The van der Waals surface area contributed by atoms with Gasteiger partial charge in [-0.05, 0) is 25.3 Å². The third-order valence-electron chi connectivity index (χ3n) is 3.35. The van der Waals surface area contributed by atoms with Crippen LogP contribution in [0.4, 0.5) is 0 Å². The lowest BCUT2D eigenvalue weighted by atomic mass is 9.94. The van der Waals surface area contributed by atoms with Crippen LogP contribution in [0.3, 0.4) is 0 Å². The molecule has 1 aromatic heterocycles. The minimum absolute atomic E-state index is 0.208. The highest BCUT2D eigenvalue weighted by atomic mass is 16.5. The van der Waals surface area contributed by atoms with Crippen LogP contribution in [0, 0.1) is 5.92 Å². The SMILES string of the molecule is COCCOCCc1noc(C2CC(C)CCN2)n1. The fraction of sp³-hybridized carbons (Fsp3) is 0.846. The van der Waals surface area contributed by atoms with Crippen LogP contribution in [-0.4, -0.2) is 43.6 Å². The van der Waals surface area contributed by atoms with Gasteiger partial charge in [0, 0.05) is 13.5 Å². The smallest absolute Gasteiger partial charge is 0.243 e. The number of methoxy groups -OCH3 is 1. The molecule has 1 aliphatic heterocycles. The van der Waals surface area contributed by atoms with E-state index in [0.29, 0.717) is 43.9 Å². The Labute approximate surface area is 113 Å². The van der Waals surface area contributed by atoms with Crippen molar-refractivity contribution >= 4 is 0 Å². The number of ether oxygens (including phenoxy) is 2. The summed E-state index contributed by atoms with van der Waals surface area (Å²) in [6.45, 7) is 5.08. The molecule has 1 N–H and O–H groups in total. The molecule has 0 radical (unpaired) electrons. The van der Waals surface area contributed by atoms with Crippen molar-refractivity contribution in [3.8, 4) is 0 Å². The predicted molar refractivity (Wildman–Crippen MR) is 69.8 cm³/mol. The minimum atomic E-state index is 0.208. The van der Waals surface area contributed by atoms with Gasteiger partial charge in [-0.3, -0.25) is 0 Å². The Morgan fingerprint density at radius 1 is 1.37 bits per heavy atom. The van der Waals surface area contributed by atoms with E-state index in [-0.39, 0.29) is 6.04 Å². The summed E-state index contributed by atoms with van der Waals surface area (Å²) in [6, 6.07) is 0.208. The quantitative estimate of drug-likeness (QED) is 0.753. The Morgan fingerprint density at radius 2 is 2.26 bits per heavy atom. The zero-order valence-corrected chi connectivity index (χ0v) is 11.7. The molecule has 1 saturated heterocycles. The lowest BCUT2D eigenvalue weighted by Gasteiger charge is -2.25. The van der Waals surface area contributed by atoms with Crippen LogP contribution in [-0.2, 0) is 15.9 Å². The van der Waals surface area contributed by atoms with Gasteiger partial charge >= 0.3 is 0 Å². The van der Waals surface area contributed by atoms with E-state index in [1.807, 2.05) is 0 Å². The molecule has 1 aliphatic rings. The van der Waals surface area contributed by atoms with E-state index in [2.05, 4.69) is 22.4 Å². The molecule has 2 heterocycles. The molecule has 0 aliphatic carbocycles. The highest BCUT2D eigenvalue weighted by Gasteiger charge is 2.24. The van der Waals surface area contributed by atoms with Crippen LogP contribution in [0.2, 0.25) is 0 Å². The van der Waals surface area contributed by atoms with Gasteiger partial charge in [-0.25, -0.2) is 0 Å². The van der Waals surface area contributed by atoms with Gasteiger partial charge in [-0.15, -0.1) is 0 Å². The third kappa shape index (κ3) is 4.56. The van der Waals surface area contributed by atoms with Crippen molar-refractivity contribution in [1.82, 2.24) is 15.5 Å². The maximum atomic E-state index is 5.39. The standard InChI is InChI=1S/C13H23N3O3/c1-10-3-5-14-11(9-10)13-15-12(16-19-13)4-6-18-8-7-17-2/h10-11,14H,3-9H2,1-2H3. The highest BCUT2D eigenvalue weighted by Crippen LogP contribution is 2.25. The van der Waals surface area contributed by atoms with E-state index < -0.39 is 0 Å². The van der Waals surface area contributed by atoms with Crippen molar-refractivity contribution in [2.75, 3.05) is 33.5 Å². The number of nitrogens with zero attached hydrogens (tertiary/aromatic N) is 2. The molecule has 0 aromatic carbocycles. The van der Waals surface area contributed by atoms with Crippen molar-refractivity contribution in [3.05, 3.63) is 11.7 Å². The van der Waals surface area contributed by atoms with Crippen LogP contribution in [0.1, 0.15) is 37.5 Å². The maximum absolute atomic E-state index is 5.39. The molecule has 19 heavy (non-hydrogen) atoms. The number of piperidine rings is 1. The van der Waals surface area contributed by atoms with Gasteiger partial charge in [0.15, 0.2) is 5.82 Å². The molecule has 2 rings (SSSR count). The molecule has 0 amide bonds. The average molecular weight is 269 g/mol. The van der Waals surface area contributed by atoms with Gasteiger partial charge in [-0.2, -0.15) is 4.98 Å². The molecule has 1 aromatic rings. The topological polar surface area (TPSA) is 69.4 Å². The van der Waals surface area contributed by atoms with Crippen molar-refractivity contribution < 1.29 is 14.0 Å². The summed E-state index contributed by atoms with van der Waals surface area (Å²) < 4.78 is 15.6. The first-order chi connectivity index (χ1) is 9.29. The molecule has 0 bridgehead atoms. The summed E-state index contributed by atoms with van der Waals surface area (Å²) in [5.41, 5.74) is 0. The predicted octanol–water partition coefficient (Wildman–Crippen LogP) is 1.34. The number of hydrogen-bond donors (Lipinski definition) is 1. The number of hydrogen-bond acceptors (Lipinski definition) is 6. The largest absolute Gasteiger partial charge is 0.382 e. The van der Waals surface area contributed by atoms with Crippen LogP contribution in [0.25, 0.3) is 0 Å². The van der Waals surface area contributed by atoms with Gasteiger partial charge in [0.05, 0.1) is 25.9 Å². The molecule has 6 nitrogen and oxygen atoms in total. The molecule has 108 valence electrons. The summed E-state index contributed by atoms with van der Waals surface area (Å²) in [6.07, 6.45) is 2.95. The summed E-state index contributed by atoms with van der Waals surface area (Å²) >= 11 is 0. The van der Waals surface area contributed by atoms with E-state index in [1.165, 1.54) is 6.42 Å². The van der Waals surface area contributed by atoms with Crippen LogP contribution >= 0.6 is 0 Å². The lowest BCUT2D eigenvalue weighted by Crippen LogP contribution is -2.30. The van der Waals surface area contributed by atoms with Crippen molar-refractivity contribution in [1.29, 1.82) is 0 Å². The van der Waals surface area contributed by atoms with Crippen molar-refractivity contribution in [2.45, 2.75) is 32.2 Å². The van der Waals surface area contributed by atoms with Gasteiger partial charge in [0.25, 0.3) is 0 Å². The third-order valence-corrected chi connectivity index (χ3v) is 3.35. The Bertz CT molecular complexity index is 370. The Morgan fingerprint density at radius 3 is 3.05 bits per heavy atom. The minimum Gasteiger partial charge on any atom is -0.382 e. The lowest BCUT2D eigenvalue weighted by molar-refractivity contribution is 0.0714. The first-order valence-electron chi connectivity index (χ1n) is 6.92. The number of nitrogens with one attached hydrogen (secondary N) is 1. The second kappa shape index (κ2) is 7.57. The zero-order valence-electron chi connectivity index (χ0n) is 11.7. The van der Waals surface area contributed by atoms with Crippen molar-refractivity contribution in [2.24, 2.45) is 5.92 Å². The molecular formula is C13H23N3O3. The van der Waals surface area contributed by atoms with Gasteiger partial charge in [0.2, 0.25) is 5.89 Å². The van der Waals surface area contributed by atoms with E-state index in [9.17, 15) is 0 Å². The van der Waals surface area contributed by atoms with Crippen LogP contribution in [0.5, 0.6) is 0 Å². The van der Waals surface area contributed by atoms with E-state index >= 15 is 0 Å². The van der Waals surface area contributed by atoms with E-state index in [4.69, 9.17) is 14.0 Å². The maximum Gasteiger partial charge on any atom is 0.243 e. The fourth-order valence-corrected chi connectivity index (χ4v) is 2.21. The first-order valence-corrected chi connectivity index (χ1v) is 6.92. The Hall–Kier alpha value is -0.980. The summed E-state index contributed by atoms with van der Waals surface area (Å²) in [4.78, 5) is 4.43. The fourth-order valence-electron chi connectivity index (χ4n) is 2.21. The molecule has 0 spiro atoms. The molecule has 2 atom stereocenters. The molecule has 1 fully saturated rings. The molecule has 6 heteroatoms. The summed E-state index contributed by atoms with van der Waals surface area (Å²) in [5.74, 6) is 2.13. The molecule has 0 saturated carbocycles. The number of aromatic nitrogens is 2. The van der Waals surface area contributed by atoms with E-state index in [0.717, 1.165) is 13.0 Å². The van der Waals surface area contributed by atoms with Gasteiger partial charge < -0.3 is 19.3 Å². The Balaban J connectivity index is 1.75. The van der Waals surface area contributed by atoms with E-state index in [1.54, 1.807) is 7.11 Å². The Kier molecular flexibility index (Phi) is 5.75. The molecular weight excluding hydrogens is 246 g/mol. The van der Waals surface area contributed by atoms with Crippen molar-refractivity contribution in [3.63, 3.8) is 0 Å². The average Bonchev–Trinajstić information content (AvgIpc) is 2.87. The van der Waals surface area contributed by atoms with Crippen LogP contribution in [0.15, 0.2) is 4.52 Å². The summed E-state index contributed by atoms with van der Waals surface area (Å²) in [5, 5.41) is 7.42.